The summed E-state index contributed by atoms with van der Waals surface area (Å²) in [6.45, 7) is 1.89. The lowest BCUT2D eigenvalue weighted by Crippen LogP contribution is -2.43. The molecule has 4 heteroatoms. The van der Waals surface area contributed by atoms with E-state index >= 15 is 0 Å². The van der Waals surface area contributed by atoms with E-state index in [0.717, 1.165) is 6.42 Å². The quantitative estimate of drug-likeness (QED) is 0.515. The molecule has 1 aliphatic heterocycles. The van der Waals surface area contributed by atoms with E-state index in [0.29, 0.717) is 6.42 Å². The second-order valence-corrected chi connectivity index (χ2v) is 2.18. The van der Waals surface area contributed by atoms with Crippen molar-refractivity contribution in [1.29, 1.82) is 0 Å². The molecule has 0 aromatic rings. The van der Waals surface area contributed by atoms with E-state index in [2.05, 4.69) is 10.6 Å². The van der Waals surface area contributed by atoms with Gasteiger partial charge < -0.3 is 0 Å². The standard InChI is InChI=1S/C6H8N2O2/c1-2-4-3-5(9)8-6(10)7-4/h4H,2-3H2,1H3. The summed E-state index contributed by atoms with van der Waals surface area (Å²) in [5.74, 6) is -0.341. The van der Waals surface area contributed by atoms with Gasteiger partial charge in [-0.25, -0.2) is 10.1 Å². The highest BCUT2D eigenvalue weighted by atomic mass is 16.2. The summed E-state index contributed by atoms with van der Waals surface area (Å²) in [5, 5.41) is 6.76. The summed E-state index contributed by atoms with van der Waals surface area (Å²) in [7, 11) is 0. The maximum absolute atomic E-state index is 10.6. The molecule has 0 saturated carbocycles. The van der Waals surface area contributed by atoms with Crippen LogP contribution in [-0.4, -0.2) is 18.0 Å². The monoisotopic (exact) mass is 140 g/mol. The summed E-state index contributed by atoms with van der Waals surface area (Å²) < 4.78 is 0. The minimum absolute atomic E-state index is 0.127. The predicted octanol–water partition coefficient (Wildman–Crippen LogP) is 0.0241. The van der Waals surface area contributed by atoms with Crippen molar-refractivity contribution in [1.82, 2.24) is 10.6 Å². The zero-order valence-corrected chi connectivity index (χ0v) is 5.70. The van der Waals surface area contributed by atoms with Crippen molar-refractivity contribution in [3.63, 3.8) is 0 Å². The molecule has 1 rings (SSSR count). The van der Waals surface area contributed by atoms with Crippen LogP contribution >= 0.6 is 0 Å². The van der Waals surface area contributed by atoms with Gasteiger partial charge in [-0.15, -0.1) is 0 Å². The largest absolute Gasteiger partial charge is 0.365 e. The van der Waals surface area contributed by atoms with Gasteiger partial charge in [0.1, 0.15) is 0 Å². The van der Waals surface area contributed by atoms with Gasteiger partial charge in [0.25, 0.3) is 5.91 Å². The van der Waals surface area contributed by atoms with Crippen molar-refractivity contribution < 1.29 is 9.59 Å². The zero-order valence-electron chi connectivity index (χ0n) is 5.70. The third kappa shape index (κ3) is 1.46. The first-order valence-electron chi connectivity index (χ1n) is 3.21. The fourth-order valence-electron chi connectivity index (χ4n) is 0.820. The van der Waals surface area contributed by atoms with E-state index < -0.39 is 6.03 Å². The van der Waals surface area contributed by atoms with Gasteiger partial charge in [0, 0.05) is 0 Å². The van der Waals surface area contributed by atoms with Gasteiger partial charge in [-0.2, -0.15) is 5.32 Å². The Kier molecular flexibility index (Phi) is 1.89. The van der Waals surface area contributed by atoms with Crippen molar-refractivity contribution in [2.75, 3.05) is 0 Å². The van der Waals surface area contributed by atoms with Gasteiger partial charge in [0.15, 0.2) is 0 Å². The molecule has 1 saturated heterocycles. The van der Waals surface area contributed by atoms with Gasteiger partial charge in [-0.1, -0.05) is 6.92 Å². The first kappa shape index (κ1) is 7.05. The van der Waals surface area contributed by atoms with Crippen LogP contribution in [0.1, 0.15) is 19.8 Å². The Bertz CT molecular complexity index is 151. The first-order chi connectivity index (χ1) is 4.72. The number of imide groups is 1. The molecule has 3 amide bonds. The highest BCUT2D eigenvalue weighted by Crippen LogP contribution is 2.03. The van der Waals surface area contributed by atoms with Crippen LogP contribution in [0.5, 0.6) is 0 Å². The third-order valence-corrected chi connectivity index (χ3v) is 1.39. The molecule has 1 unspecified atom stereocenters. The fourth-order valence-corrected chi connectivity index (χ4v) is 0.820. The van der Waals surface area contributed by atoms with Crippen molar-refractivity contribution in [2.24, 2.45) is 0 Å². The number of rotatable bonds is 1. The summed E-state index contributed by atoms with van der Waals surface area (Å²) in [4.78, 5) is 21.1. The molecule has 0 aromatic heterocycles. The molecule has 1 aliphatic rings. The molecular formula is C6H8N2O2. The Morgan fingerprint density at radius 3 is 2.80 bits per heavy atom. The number of hydrogen-bond donors (Lipinski definition) is 0. The highest BCUT2D eigenvalue weighted by Gasteiger charge is 2.25. The molecule has 0 aromatic carbocycles. The number of urea groups is 1. The molecule has 0 N–H and O–H groups in total. The molecular weight excluding hydrogens is 132 g/mol. The van der Waals surface area contributed by atoms with Crippen LogP contribution in [0.3, 0.4) is 0 Å². The molecule has 4 nitrogen and oxygen atoms in total. The van der Waals surface area contributed by atoms with Crippen LogP contribution in [-0.2, 0) is 4.79 Å². The number of hydrogen-bond acceptors (Lipinski definition) is 2. The lowest BCUT2D eigenvalue weighted by molar-refractivity contribution is -0.121. The number of nitrogens with zero attached hydrogens (tertiary/aromatic N) is 2. The van der Waals surface area contributed by atoms with Crippen LogP contribution in [0.25, 0.3) is 0 Å². The van der Waals surface area contributed by atoms with Crippen LogP contribution in [0.4, 0.5) is 4.79 Å². The van der Waals surface area contributed by atoms with E-state index in [1.54, 1.807) is 0 Å². The lowest BCUT2D eigenvalue weighted by atomic mass is 10.1. The van der Waals surface area contributed by atoms with Gasteiger partial charge in [0.2, 0.25) is 0 Å². The van der Waals surface area contributed by atoms with Gasteiger partial charge in [-0.3, -0.25) is 4.79 Å². The molecule has 0 bridgehead atoms. The van der Waals surface area contributed by atoms with E-state index in [9.17, 15) is 9.59 Å². The van der Waals surface area contributed by atoms with Gasteiger partial charge in [-0.05, 0) is 6.42 Å². The average molecular weight is 140 g/mol. The maximum atomic E-state index is 10.6. The fraction of sp³-hybridized carbons (Fsp3) is 0.667. The summed E-state index contributed by atoms with van der Waals surface area (Å²) in [6, 6.07) is -0.749. The molecule has 0 spiro atoms. The zero-order chi connectivity index (χ0) is 7.56. The number of carbonyl (C=O) groups excluding carboxylic acids is 2. The Morgan fingerprint density at radius 1 is 1.60 bits per heavy atom. The highest BCUT2D eigenvalue weighted by molar-refractivity contribution is 5.96. The van der Waals surface area contributed by atoms with Crippen LogP contribution in [0, 0.1) is 0 Å². The maximum Gasteiger partial charge on any atom is 0.365 e. The van der Waals surface area contributed by atoms with Crippen molar-refractivity contribution in [3.05, 3.63) is 0 Å². The van der Waals surface area contributed by atoms with Crippen molar-refractivity contribution in [3.8, 4) is 0 Å². The van der Waals surface area contributed by atoms with Crippen LogP contribution in [0.2, 0.25) is 0 Å². The molecule has 1 heterocycles. The van der Waals surface area contributed by atoms with Crippen LogP contribution in [0.15, 0.2) is 0 Å². The second kappa shape index (κ2) is 2.68. The molecule has 1 fully saturated rings. The number of carbonyl (C=O) groups is 2. The molecule has 2 radical (unpaired) electrons. The molecule has 54 valence electrons. The van der Waals surface area contributed by atoms with Crippen molar-refractivity contribution in [2.45, 2.75) is 25.8 Å². The topological polar surface area (TPSA) is 62.3 Å². The Hall–Kier alpha value is -1.06. The van der Waals surface area contributed by atoms with Crippen molar-refractivity contribution >= 4 is 11.9 Å². The van der Waals surface area contributed by atoms with E-state index in [1.807, 2.05) is 6.92 Å². The Labute approximate surface area is 59.0 Å². The number of amides is 3. The predicted molar refractivity (Wildman–Crippen MR) is 33.4 cm³/mol. The molecule has 10 heavy (non-hydrogen) atoms. The normalized spacial score (nSPS) is 25.5. The smallest absolute Gasteiger partial charge is 0.272 e. The summed E-state index contributed by atoms with van der Waals surface area (Å²) in [5.41, 5.74) is 0. The summed E-state index contributed by atoms with van der Waals surface area (Å²) in [6.07, 6.45) is 1.02. The molecule has 0 aliphatic carbocycles. The minimum atomic E-state index is -0.622. The SMILES string of the molecule is CCC1CC(=O)[N]C(=O)[N]1. The third-order valence-electron chi connectivity index (χ3n) is 1.39. The van der Waals surface area contributed by atoms with E-state index in [4.69, 9.17) is 0 Å². The Balaban J connectivity index is 2.50. The second-order valence-electron chi connectivity index (χ2n) is 2.18. The molecule has 1 atom stereocenters. The summed E-state index contributed by atoms with van der Waals surface area (Å²) >= 11 is 0. The lowest BCUT2D eigenvalue weighted by Gasteiger charge is -2.16. The average Bonchev–Trinajstić information content (AvgIpc) is 1.85. The van der Waals surface area contributed by atoms with Gasteiger partial charge in [0.05, 0.1) is 12.5 Å². The first-order valence-corrected chi connectivity index (χ1v) is 3.21. The minimum Gasteiger partial charge on any atom is -0.272 e. The van der Waals surface area contributed by atoms with E-state index in [-0.39, 0.29) is 11.9 Å². The Morgan fingerprint density at radius 2 is 2.30 bits per heavy atom. The van der Waals surface area contributed by atoms with Crippen LogP contribution < -0.4 is 10.6 Å². The van der Waals surface area contributed by atoms with E-state index in [1.165, 1.54) is 0 Å². The van der Waals surface area contributed by atoms with Gasteiger partial charge >= 0.3 is 6.03 Å².